The Kier molecular flexibility index (Phi) is 2.99. The molecule has 0 aromatic carbocycles. The zero-order valence-electron chi connectivity index (χ0n) is 10.3. The van der Waals surface area contributed by atoms with Gasteiger partial charge >= 0.3 is 5.91 Å². The number of carbonyl (C=O) groups excluding carboxylic acids is 1. The Hall–Kier alpha value is -2.26. The molecule has 0 fully saturated rings. The van der Waals surface area contributed by atoms with Crippen LogP contribution in [0.25, 0.3) is 10.3 Å². The molecule has 0 bridgehead atoms. The van der Waals surface area contributed by atoms with Crippen LogP contribution in [-0.2, 0) is 7.05 Å². The summed E-state index contributed by atoms with van der Waals surface area (Å²) in [5.74, 6) is -0.285. The molecule has 0 unspecified atom stereocenters. The smallest absolute Gasteiger partial charge is 0.305 e. The zero-order valence-corrected chi connectivity index (χ0v) is 11.9. The van der Waals surface area contributed by atoms with E-state index in [0.29, 0.717) is 14.3 Å². The monoisotopic (exact) mass is 307 g/mol. The van der Waals surface area contributed by atoms with Gasteiger partial charge < -0.3 is 8.98 Å². The van der Waals surface area contributed by atoms with Gasteiger partial charge in [-0.2, -0.15) is 0 Å². The number of aryl methyl sites for hydroxylation is 1. The van der Waals surface area contributed by atoms with Crippen LogP contribution in [0.1, 0.15) is 10.6 Å². The van der Waals surface area contributed by atoms with Gasteiger partial charge in [-0.3, -0.25) is 15.6 Å². The molecular formula is C11H9N5O2S2. The summed E-state index contributed by atoms with van der Waals surface area (Å²) in [5, 5.41) is 8.10. The molecule has 3 aromatic rings. The molecular weight excluding hydrogens is 298 g/mol. The third-order valence-corrected chi connectivity index (χ3v) is 4.25. The van der Waals surface area contributed by atoms with Gasteiger partial charge in [-0.25, -0.2) is 9.66 Å². The first-order chi connectivity index (χ1) is 9.58. The van der Waals surface area contributed by atoms with Crippen LogP contribution in [0.15, 0.2) is 29.1 Å². The summed E-state index contributed by atoms with van der Waals surface area (Å²) in [6, 6.07) is 3.16. The number of aromatic nitrogens is 3. The molecule has 0 aliphatic rings. The number of carbonyl (C=O) groups is 1. The van der Waals surface area contributed by atoms with E-state index in [-0.39, 0.29) is 11.2 Å². The predicted molar refractivity (Wildman–Crippen MR) is 75.7 cm³/mol. The molecule has 0 aliphatic heterocycles. The second-order valence-electron chi connectivity index (χ2n) is 3.96. The molecule has 7 nitrogen and oxygen atoms in total. The van der Waals surface area contributed by atoms with Crippen LogP contribution in [0, 0.1) is 9.36 Å². The summed E-state index contributed by atoms with van der Waals surface area (Å²) in [5.41, 5.74) is 3.27. The highest BCUT2D eigenvalue weighted by Crippen LogP contribution is 2.15. The normalized spacial score (nSPS) is 10.8. The van der Waals surface area contributed by atoms with Crippen molar-refractivity contribution in [1.29, 1.82) is 5.41 Å². The third-order valence-electron chi connectivity index (χ3n) is 2.70. The average molecular weight is 307 g/mol. The number of thiazole rings is 1. The molecule has 0 spiro atoms. The number of furan rings is 1. The molecule has 9 heteroatoms. The predicted octanol–water partition coefficient (Wildman–Crippen LogP) is 1.62. The quantitative estimate of drug-likeness (QED) is 0.704. The van der Waals surface area contributed by atoms with Crippen molar-refractivity contribution in [3.8, 4) is 0 Å². The second kappa shape index (κ2) is 4.69. The molecule has 0 radical (unpaired) electrons. The van der Waals surface area contributed by atoms with Crippen molar-refractivity contribution in [1.82, 2.24) is 14.2 Å². The minimum absolute atomic E-state index is 0.117. The Labute approximate surface area is 121 Å². The largest absolute Gasteiger partial charge is 0.459 e. The fourth-order valence-electron chi connectivity index (χ4n) is 1.68. The van der Waals surface area contributed by atoms with Crippen molar-refractivity contribution < 1.29 is 9.21 Å². The van der Waals surface area contributed by atoms with Crippen molar-refractivity contribution in [2.24, 2.45) is 7.05 Å². The van der Waals surface area contributed by atoms with E-state index in [1.54, 1.807) is 17.7 Å². The van der Waals surface area contributed by atoms with Gasteiger partial charge in [0.15, 0.2) is 20.8 Å². The highest BCUT2D eigenvalue weighted by Gasteiger charge is 2.12. The number of fused-ring (bicyclic) bond motifs is 1. The van der Waals surface area contributed by atoms with Crippen LogP contribution in [0.4, 0.5) is 0 Å². The van der Waals surface area contributed by atoms with Gasteiger partial charge in [0.2, 0.25) is 0 Å². The highest BCUT2D eigenvalue weighted by atomic mass is 32.1. The van der Waals surface area contributed by atoms with Crippen molar-refractivity contribution in [2.45, 2.75) is 0 Å². The molecule has 0 saturated carbocycles. The lowest BCUT2D eigenvalue weighted by atomic mass is 10.4. The van der Waals surface area contributed by atoms with Gasteiger partial charge in [0.25, 0.3) is 0 Å². The van der Waals surface area contributed by atoms with Gasteiger partial charge in [0.05, 0.1) is 6.26 Å². The summed E-state index contributed by atoms with van der Waals surface area (Å²) < 4.78 is 9.19. The van der Waals surface area contributed by atoms with Crippen LogP contribution in [-0.4, -0.2) is 20.1 Å². The summed E-state index contributed by atoms with van der Waals surface area (Å²) in [7, 11) is 1.79. The molecule has 0 aliphatic carbocycles. The maximum Gasteiger partial charge on any atom is 0.305 e. The topological polar surface area (TPSA) is 88.8 Å². The van der Waals surface area contributed by atoms with E-state index in [4.69, 9.17) is 22.0 Å². The number of hydrogen-bond donors (Lipinski definition) is 2. The van der Waals surface area contributed by atoms with E-state index >= 15 is 0 Å². The Morgan fingerprint density at radius 3 is 3.10 bits per heavy atom. The van der Waals surface area contributed by atoms with E-state index in [0.717, 1.165) is 0 Å². The van der Waals surface area contributed by atoms with Crippen molar-refractivity contribution in [3.63, 3.8) is 0 Å². The molecule has 3 heterocycles. The molecule has 1 amide bonds. The van der Waals surface area contributed by atoms with Gasteiger partial charge in [0, 0.05) is 7.05 Å². The molecule has 20 heavy (non-hydrogen) atoms. The van der Waals surface area contributed by atoms with Gasteiger partial charge in [-0.05, 0) is 24.4 Å². The lowest BCUT2D eigenvalue weighted by Crippen LogP contribution is -2.33. The summed E-state index contributed by atoms with van der Waals surface area (Å²) in [6.45, 7) is 0. The summed E-state index contributed by atoms with van der Waals surface area (Å²) >= 11 is 6.43. The van der Waals surface area contributed by atoms with Crippen LogP contribution in [0.3, 0.4) is 0 Å². The van der Waals surface area contributed by atoms with E-state index < -0.39 is 5.91 Å². The van der Waals surface area contributed by atoms with Crippen LogP contribution < -0.4 is 10.9 Å². The molecule has 0 saturated heterocycles. The fourth-order valence-corrected chi connectivity index (χ4v) is 2.89. The number of rotatable bonds is 2. The summed E-state index contributed by atoms with van der Waals surface area (Å²) in [4.78, 5) is 16.1. The summed E-state index contributed by atoms with van der Waals surface area (Å²) in [6.07, 6.45) is 2.78. The van der Waals surface area contributed by atoms with Gasteiger partial charge in [-0.15, -0.1) is 0 Å². The minimum Gasteiger partial charge on any atom is -0.459 e. The average Bonchev–Trinajstić information content (AvgIpc) is 3.04. The standard InChI is InChI=1S/C11H9N5O2S2/c1-15-9-7(20-11(15)19)8(12)16(5-13-9)14-10(17)6-3-2-4-18-6/h2-5,12H,1H3,(H,14,17). The maximum atomic E-state index is 11.9. The maximum absolute atomic E-state index is 11.9. The first-order valence-corrected chi connectivity index (χ1v) is 6.77. The van der Waals surface area contributed by atoms with Crippen LogP contribution in [0.5, 0.6) is 0 Å². The first-order valence-electron chi connectivity index (χ1n) is 5.54. The lowest BCUT2D eigenvalue weighted by Gasteiger charge is -2.07. The Bertz CT molecular complexity index is 903. The molecule has 102 valence electrons. The number of nitrogens with zero attached hydrogens (tertiary/aromatic N) is 3. The van der Waals surface area contributed by atoms with Crippen molar-refractivity contribution in [3.05, 3.63) is 39.9 Å². The minimum atomic E-state index is -0.450. The van der Waals surface area contributed by atoms with E-state index in [1.807, 2.05) is 0 Å². The van der Waals surface area contributed by atoms with Crippen LogP contribution in [0.2, 0.25) is 0 Å². The second-order valence-corrected chi connectivity index (χ2v) is 5.61. The van der Waals surface area contributed by atoms with Gasteiger partial charge in [0.1, 0.15) is 11.0 Å². The zero-order chi connectivity index (χ0) is 14.3. The highest BCUT2D eigenvalue weighted by molar-refractivity contribution is 7.73. The molecule has 3 rings (SSSR count). The molecule has 0 atom stereocenters. The number of amides is 1. The van der Waals surface area contributed by atoms with Crippen LogP contribution >= 0.6 is 23.6 Å². The number of nitrogens with one attached hydrogen (secondary N) is 2. The SMILES string of the molecule is Cn1c(=S)sc2c(=N)n(NC(=O)c3ccco3)cnc21. The third kappa shape index (κ3) is 1.96. The van der Waals surface area contributed by atoms with E-state index in [1.165, 1.54) is 34.7 Å². The van der Waals surface area contributed by atoms with E-state index in [2.05, 4.69) is 10.4 Å². The fraction of sp³-hybridized carbons (Fsp3) is 0.0909. The molecule has 2 N–H and O–H groups in total. The van der Waals surface area contributed by atoms with Crippen molar-refractivity contribution >= 4 is 39.8 Å². The Morgan fingerprint density at radius 2 is 2.40 bits per heavy atom. The first kappa shape index (κ1) is 12.8. The Morgan fingerprint density at radius 1 is 1.60 bits per heavy atom. The lowest BCUT2D eigenvalue weighted by molar-refractivity contribution is 0.0980. The number of hydrogen-bond acceptors (Lipinski definition) is 6. The van der Waals surface area contributed by atoms with Gasteiger partial charge in [-0.1, -0.05) is 11.3 Å². The van der Waals surface area contributed by atoms with Crippen molar-refractivity contribution in [2.75, 3.05) is 5.43 Å². The molecule has 3 aromatic heterocycles. The Balaban J connectivity index is 2.05. The van der Waals surface area contributed by atoms with E-state index in [9.17, 15) is 4.79 Å².